The molecule has 0 saturated heterocycles. The molecule has 96 valence electrons. The molecule has 2 rings (SSSR count). The van der Waals surface area contributed by atoms with E-state index in [-0.39, 0.29) is 5.78 Å². The molecule has 19 heavy (non-hydrogen) atoms. The molecule has 0 aliphatic carbocycles. The molecule has 1 atom stereocenters. The lowest BCUT2D eigenvalue weighted by molar-refractivity contribution is 0.0982. The second-order valence-corrected chi connectivity index (χ2v) is 5.33. The summed E-state index contributed by atoms with van der Waals surface area (Å²) in [6, 6.07) is 11.7. The highest BCUT2D eigenvalue weighted by molar-refractivity contribution is 7.12. The fourth-order valence-electron chi connectivity index (χ4n) is 2.14. The molecule has 2 nitrogen and oxygen atoms in total. The van der Waals surface area contributed by atoms with Crippen LogP contribution in [0.1, 0.15) is 39.2 Å². The third kappa shape index (κ3) is 2.59. The smallest absolute Gasteiger partial charge is 0.194 e. The normalized spacial score (nSPS) is 11.8. The van der Waals surface area contributed by atoms with Crippen LogP contribution in [0.2, 0.25) is 0 Å². The fourth-order valence-corrected chi connectivity index (χ4v) is 3.11. The van der Waals surface area contributed by atoms with Crippen LogP contribution in [0.5, 0.6) is 0 Å². The third-order valence-electron chi connectivity index (χ3n) is 3.24. The van der Waals surface area contributed by atoms with Gasteiger partial charge in [0, 0.05) is 0 Å². The minimum Gasteiger partial charge on any atom is -0.291 e. The van der Waals surface area contributed by atoms with Gasteiger partial charge in [-0.25, -0.2) is 0 Å². The Morgan fingerprint density at radius 1 is 1.37 bits per heavy atom. The average Bonchev–Trinajstić information content (AvgIpc) is 2.89. The molecule has 0 aliphatic heterocycles. The van der Waals surface area contributed by atoms with E-state index in [2.05, 4.69) is 6.07 Å². The molecule has 0 N–H and O–H groups in total. The van der Waals surface area contributed by atoms with Crippen LogP contribution < -0.4 is 0 Å². The Hall–Kier alpha value is -1.92. The molecular weight excluding hydrogens is 254 g/mol. The van der Waals surface area contributed by atoms with Crippen molar-refractivity contribution < 1.29 is 4.79 Å². The van der Waals surface area contributed by atoms with E-state index in [9.17, 15) is 10.1 Å². The van der Waals surface area contributed by atoms with Crippen LogP contribution in [-0.4, -0.2) is 5.78 Å². The Balaban J connectivity index is 2.42. The molecule has 1 heterocycles. The number of nitrogens with zero attached hydrogens (tertiary/aromatic N) is 1. The second kappa shape index (κ2) is 5.81. The molecule has 0 radical (unpaired) electrons. The maximum atomic E-state index is 12.6. The summed E-state index contributed by atoms with van der Waals surface area (Å²) in [4.78, 5) is 13.3. The minimum absolute atomic E-state index is 0.0800. The van der Waals surface area contributed by atoms with Crippen LogP contribution in [-0.2, 0) is 6.42 Å². The molecule has 3 heteroatoms. The summed E-state index contributed by atoms with van der Waals surface area (Å²) < 4.78 is 0. The Labute approximate surface area is 117 Å². The van der Waals surface area contributed by atoms with Gasteiger partial charge in [-0.05, 0) is 41.5 Å². The molecule has 1 aromatic carbocycles. The van der Waals surface area contributed by atoms with Crippen molar-refractivity contribution in [2.75, 3.05) is 0 Å². The van der Waals surface area contributed by atoms with E-state index in [4.69, 9.17) is 0 Å². The predicted molar refractivity (Wildman–Crippen MR) is 77.6 cm³/mol. The maximum absolute atomic E-state index is 12.6. The number of benzene rings is 1. The molecular formula is C16H15NOS. The highest BCUT2D eigenvalue weighted by atomic mass is 32.1. The van der Waals surface area contributed by atoms with Gasteiger partial charge < -0.3 is 0 Å². The number of ketones is 1. The number of carbonyl (C=O) groups excluding carboxylic acids is 1. The molecule has 0 fully saturated rings. The van der Waals surface area contributed by atoms with E-state index < -0.39 is 5.92 Å². The summed E-state index contributed by atoms with van der Waals surface area (Å²) in [5.74, 6) is -0.784. The molecule has 1 unspecified atom stereocenters. The van der Waals surface area contributed by atoms with Crippen molar-refractivity contribution in [2.45, 2.75) is 26.2 Å². The molecule has 0 bridgehead atoms. The van der Waals surface area contributed by atoms with Gasteiger partial charge in [0.2, 0.25) is 0 Å². The largest absolute Gasteiger partial charge is 0.291 e. The van der Waals surface area contributed by atoms with E-state index in [1.807, 2.05) is 49.6 Å². The number of hydrogen-bond acceptors (Lipinski definition) is 3. The SMILES string of the molecule is CCc1ccsc1C(=O)C(C#N)c1ccccc1C. The van der Waals surface area contributed by atoms with Gasteiger partial charge in [0.1, 0.15) is 5.92 Å². The standard InChI is InChI=1S/C16H15NOS/c1-3-12-8-9-19-16(12)15(18)14(10-17)13-7-5-4-6-11(13)2/h4-9,14H,3H2,1-2H3. The van der Waals surface area contributed by atoms with Gasteiger partial charge in [-0.2, -0.15) is 5.26 Å². The topological polar surface area (TPSA) is 40.9 Å². The van der Waals surface area contributed by atoms with E-state index in [1.54, 1.807) is 0 Å². The van der Waals surface area contributed by atoms with Crippen LogP contribution >= 0.6 is 11.3 Å². The van der Waals surface area contributed by atoms with Crippen molar-refractivity contribution in [1.29, 1.82) is 5.26 Å². The summed E-state index contributed by atoms with van der Waals surface area (Å²) in [5.41, 5.74) is 2.83. The maximum Gasteiger partial charge on any atom is 0.194 e. The monoisotopic (exact) mass is 269 g/mol. The van der Waals surface area contributed by atoms with Crippen molar-refractivity contribution in [3.05, 3.63) is 57.3 Å². The van der Waals surface area contributed by atoms with Gasteiger partial charge >= 0.3 is 0 Å². The quantitative estimate of drug-likeness (QED) is 0.784. The summed E-state index contributed by atoms with van der Waals surface area (Å²) >= 11 is 1.43. The van der Waals surface area contributed by atoms with Crippen molar-refractivity contribution in [1.82, 2.24) is 0 Å². The lowest BCUT2D eigenvalue weighted by Gasteiger charge is -2.11. The first-order valence-corrected chi connectivity index (χ1v) is 7.12. The van der Waals surface area contributed by atoms with Gasteiger partial charge in [0.05, 0.1) is 10.9 Å². The number of nitriles is 1. The molecule has 0 aliphatic rings. The van der Waals surface area contributed by atoms with Crippen molar-refractivity contribution in [3.8, 4) is 6.07 Å². The third-order valence-corrected chi connectivity index (χ3v) is 4.21. The number of aryl methyl sites for hydroxylation is 2. The van der Waals surface area contributed by atoms with E-state index >= 15 is 0 Å². The summed E-state index contributed by atoms with van der Waals surface area (Å²) in [7, 11) is 0. The zero-order chi connectivity index (χ0) is 13.8. The van der Waals surface area contributed by atoms with Gasteiger partial charge in [-0.1, -0.05) is 31.2 Å². The molecule has 0 amide bonds. The number of thiophene rings is 1. The lowest BCUT2D eigenvalue weighted by atomic mass is 9.90. The van der Waals surface area contributed by atoms with Crippen LogP contribution in [0.3, 0.4) is 0 Å². The highest BCUT2D eigenvalue weighted by Gasteiger charge is 2.25. The van der Waals surface area contributed by atoms with E-state index in [0.717, 1.165) is 28.0 Å². The Morgan fingerprint density at radius 3 is 2.74 bits per heavy atom. The second-order valence-electron chi connectivity index (χ2n) is 4.41. The Bertz CT molecular complexity index is 636. The first kappa shape index (κ1) is 13.5. The van der Waals surface area contributed by atoms with Crippen molar-refractivity contribution in [3.63, 3.8) is 0 Å². The zero-order valence-electron chi connectivity index (χ0n) is 11.0. The van der Waals surface area contributed by atoms with Gasteiger partial charge in [0.15, 0.2) is 5.78 Å². The minimum atomic E-state index is -0.704. The van der Waals surface area contributed by atoms with Gasteiger partial charge in [0.25, 0.3) is 0 Å². The zero-order valence-corrected chi connectivity index (χ0v) is 11.8. The lowest BCUT2D eigenvalue weighted by Crippen LogP contribution is -2.12. The Kier molecular flexibility index (Phi) is 4.13. The van der Waals surface area contributed by atoms with Crippen molar-refractivity contribution in [2.24, 2.45) is 0 Å². The summed E-state index contributed by atoms with van der Waals surface area (Å²) in [5, 5.41) is 11.3. The fraction of sp³-hybridized carbons (Fsp3) is 0.250. The summed E-state index contributed by atoms with van der Waals surface area (Å²) in [6.07, 6.45) is 0.816. The van der Waals surface area contributed by atoms with Crippen molar-refractivity contribution >= 4 is 17.1 Å². The van der Waals surface area contributed by atoms with Crippen LogP contribution in [0.15, 0.2) is 35.7 Å². The molecule has 1 aromatic heterocycles. The first-order valence-electron chi connectivity index (χ1n) is 6.24. The van der Waals surface area contributed by atoms with E-state index in [1.165, 1.54) is 11.3 Å². The summed E-state index contributed by atoms with van der Waals surface area (Å²) in [6.45, 7) is 3.95. The first-order chi connectivity index (χ1) is 9.19. The molecule has 0 saturated carbocycles. The van der Waals surface area contributed by atoms with E-state index in [0.29, 0.717) is 0 Å². The average molecular weight is 269 g/mol. The molecule has 2 aromatic rings. The van der Waals surface area contributed by atoms with Gasteiger partial charge in [-0.3, -0.25) is 4.79 Å². The molecule has 0 spiro atoms. The number of Topliss-reactive ketones (excluding diaryl/α,β-unsaturated/α-hetero) is 1. The Morgan fingerprint density at radius 2 is 2.11 bits per heavy atom. The number of hydrogen-bond donors (Lipinski definition) is 0. The van der Waals surface area contributed by atoms with Crippen LogP contribution in [0.25, 0.3) is 0 Å². The van der Waals surface area contributed by atoms with Crippen LogP contribution in [0.4, 0.5) is 0 Å². The van der Waals surface area contributed by atoms with Gasteiger partial charge in [-0.15, -0.1) is 11.3 Å². The number of carbonyl (C=O) groups is 1. The van der Waals surface area contributed by atoms with Crippen LogP contribution in [0, 0.1) is 18.3 Å². The predicted octanol–water partition coefficient (Wildman–Crippen LogP) is 4.11. The highest BCUT2D eigenvalue weighted by Crippen LogP contribution is 2.28. The number of rotatable bonds is 4.